The number of hydrogen-bond donors (Lipinski definition) is 1. The number of nitrogens with one attached hydrogen (secondary N) is 1. The lowest BCUT2D eigenvalue weighted by molar-refractivity contribution is 0.158. The third-order valence-electron chi connectivity index (χ3n) is 4.40. The van der Waals surface area contributed by atoms with Gasteiger partial charge in [0.2, 0.25) is 0 Å². The first kappa shape index (κ1) is 19.9. The number of ether oxygens (including phenoxy) is 1. The molecule has 0 aromatic heterocycles. The van der Waals surface area contributed by atoms with Gasteiger partial charge in [0.25, 0.3) is 0 Å². The molecular weight excluding hydrogens is 343 g/mol. The van der Waals surface area contributed by atoms with Crippen molar-refractivity contribution in [2.75, 3.05) is 33.3 Å². The van der Waals surface area contributed by atoms with E-state index in [1.807, 2.05) is 12.1 Å². The highest BCUT2D eigenvalue weighted by atomic mass is 35.5. The van der Waals surface area contributed by atoms with Gasteiger partial charge in [-0.05, 0) is 30.5 Å². The summed E-state index contributed by atoms with van der Waals surface area (Å²) in [5.74, 6) is 1.86. The molecule has 1 atom stereocenters. The molecule has 0 radical (unpaired) electrons. The molecule has 1 aromatic rings. The minimum absolute atomic E-state index is 0. The minimum atomic E-state index is 0. The third kappa shape index (κ3) is 4.90. The van der Waals surface area contributed by atoms with Gasteiger partial charge >= 0.3 is 0 Å². The molecular formula is C16H25Cl3N2O. The number of benzene rings is 1. The summed E-state index contributed by atoms with van der Waals surface area (Å²) in [6.45, 7) is 4.36. The summed E-state index contributed by atoms with van der Waals surface area (Å²) in [6, 6.07) is 6.45. The minimum Gasteiger partial charge on any atom is -0.496 e. The summed E-state index contributed by atoms with van der Waals surface area (Å²) in [5, 5.41) is 4.23. The molecule has 2 fully saturated rings. The van der Waals surface area contributed by atoms with E-state index in [0.717, 1.165) is 42.9 Å². The predicted octanol–water partition coefficient (Wildman–Crippen LogP) is 3.94. The maximum absolute atomic E-state index is 6.22. The van der Waals surface area contributed by atoms with Gasteiger partial charge in [-0.15, -0.1) is 24.8 Å². The van der Waals surface area contributed by atoms with Gasteiger partial charge in [-0.25, -0.2) is 0 Å². The number of piperazine rings is 1. The molecule has 1 saturated heterocycles. The lowest BCUT2D eigenvalue weighted by Crippen LogP contribution is -2.45. The average molecular weight is 368 g/mol. The third-order valence-corrected chi connectivity index (χ3v) is 4.63. The topological polar surface area (TPSA) is 24.5 Å². The van der Waals surface area contributed by atoms with E-state index >= 15 is 0 Å². The van der Waals surface area contributed by atoms with E-state index in [4.69, 9.17) is 16.3 Å². The van der Waals surface area contributed by atoms with Gasteiger partial charge in [0, 0.05) is 42.8 Å². The normalized spacial score (nSPS) is 19.7. The second-order valence-electron chi connectivity index (χ2n) is 5.87. The van der Waals surface area contributed by atoms with Crippen LogP contribution in [0, 0.1) is 5.92 Å². The first-order valence-corrected chi connectivity index (χ1v) is 7.94. The monoisotopic (exact) mass is 366 g/mol. The first-order chi connectivity index (χ1) is 9.78. The van der Waals surface area contributed by atoms with Crippen LogP contribution in [-0.4, -0.2) is 38.2 Å². The van der Waals surface area contributed by atoms with Crippen molar-refractivity contribution in [3.8, 4) is 5.75 Å². The van der Waals surface area contributed by atoms with Gasteiger partial charge in [-0.2, -0.15) is 0 Å². The van der Waals surface area contributed by atoms with Crippen LogP contribution in [0.25, 0.3) is 0 Å². The van der Waals surface area contributed by atoms with E-state index in [2.05, 4.69) is 16.3 Å². The SMILES string of the molecule is COc1ccc(Cl)cc1[C@H](CC1CC1)N1CCNCC1.Cl.Cl. The molecule has 1 aliphatic carbocycles. The van der Waals surface area contributed by atoms with E-state index in [9.17, 15) is 0 Å². The lowest BCUT2D eigenvalue weighted by atomic mass is 9.97. The second-order valence-corrected chi connectivity index (χ2v) is 6.30. The summed E-state index contributed by atoms with van der Waals surface area (Å²) < 4.78 is 5.57. The van der Waals surface area contributed by atoms with E-state index in [1.165, 1.54) is 24.8 Å². The molecule has 0 unspecified atom stereocenters. The quantitative estimate of drug-likeness (QED) is 0.853. The standard InChI is InChI=1S/C16H23ClN2O.2ClH/c1-20-16-5-4-13(17)11-14(16)15(10-12-2-3-12)19-8-6-18-7-9-19;;/h4-5,11-12,15,18H,2-3,6-10H2,1H3;2*1H/t15-;;/m0../s1. The zero-order chi connectivity index (χ0) is 13.9. The number of halogens is 3. The Balaban J connectivity index is 0.00000121. The summed E-state index contributed by atoms with van der Waals surface area (Å²) in [4.78, 5) is 2.59. The molecule has 1 aromatic carbocycles. The van der Waals surface area contributed by atoms with Gasteiger partial charge in [-0.3, -0.25) is 4.90 Å². The van der Waals surface area contributed by atoms with Crippen molar-refractivity contribution in [2.45, 2.75) is 25.3 Å². The Bertz CT molecular complexity index is 463. The molecule has 3 nitrogen and oxygen atoms in total. The number of methoxy groups -OCH3 is 1. The lowest BCUT2D eigenvalue weighted by Gasteiger charge is -2.36. The molecule has 3 rings (SSSR count). The van der Waals surface area contributed by atoms with Gasteiger partial charge in [0.05, 0.1) is 7.11 Å². The van der Waals surface area contributed by atoms with Crippen molar-refractivity contribution in [3.05, 3.63) is 28.8 Å². The molecule has 0 amide bonds. The van der Waals surface area contributed by atoms with Gasteiger partial charge in [-0.1, -0.05) is 24.4 Å². The maximum Gasteiger partial charge on any atom is 0.123 e. The number of hydrogen-bond acceptors (Lipinski definition) is 3. The zero-order valence-electron chi connectivity index (χ0n) is 12.9. The molecule has 1 N–H and O–H groups in total. The summed E-state index contributed by atoms with van der Waals surface area (Å²) >= 11 is 6.22. The highest BCUT2D eigenvalue weighted by Gasteiger charge is 2.32. The van der Waals surface area contributed by atoms with E-state index in [-0.39, 0.29) is 24.8 Å². The largest absolute Gasteiger partial charge is 0.496 e. The van der Waals surface area contributed by atoms with Crippen LogP contribution in [0.2, 0.25) is 5.02 Å². The highest BCUT2D eigenvalue weighted by Crippen LogP contribution is 2.43. The average Bonchev–Trinajstić information content (AvgIpc) is 3.30. The fraction of sp³-hybridized carbons (Fsp3) is 0.625. The van der Waals surface area contributed by atoms with Crippen molar-refractivity contribution < 1.29 is 4.74 Å². The smallest absolute Gasteiger partial charge is 0.123 e. The van der Waals surface area contributed by atoms with Crippen LogP contribution < -0.4 is 10.1 Å². The number of nitrogens with zero attached hydrogens (tertiary/aromatic N) is 1. The van der Waals surface area contributed by atoms with Gasteiger partial charge in [0.1, 0.15) is 5.75 Å². The van der Waals surface area contributed by atoms with Crippen LogP contribution in [0.5, 0.6) is 5.75 Å². The predicted molar refractivity (Wildman–Crippen MR) is 97.0 cm³/mol. The van der Waals surface area contributed by atoms with E-state index in [1.54, 1.807) is 7.11 Å². The van der Waals surface area contributed by atoms with Crippen LogP contribution in [0.3, 0.4) is 0 Å². The van der Waals surface area contributed by atoms with Crippen molar-refractivity contribution in [3.63, 3.8) is 0 Å². The molecule has 1 aliphatic heterocycles. The molecule has 126 valence electrons. The van der Waals surface area contributed by atoms with Gasteiger partial charge in [0.15, 0.2) is 0 Å². The molecule has 0 spiro atoms. The Morgan fingerprint density at radius 3 is 2.55 bits per heavy atom. The second kappa shape index (κ2) is 9.19. The van der Waals surface area contributed by atoms with Crippen LogP contribution in [0.1, 0.15) is 30.9 Å². The van der Waals surface area contributed by atoms with Crippen LogP contribution in [0.15, 0.2) is 18.2 Å². The summed E-state index contributed by atoms with van der Waals surface area (Å²) in [5.41, 5.74) is 1.26. The molecule has 22 heavy (non-hydrogen) atoms. The molecule has 1 heterocycles. The maximum atomic E-state index is 6.22. The fourth-order valence-electron chi connectivity index (χ4n) is 3.10. The molecule has 1 saturated carbocycles. The molecule has 2 aliphatic rings. The fourth-order valence-corrected chi connectivity index (χ4v) is 3.28. The Hall–Kier alpha value is -0.190. The van der Waals surface area contributed by atoms with Crippen LogP contribution in [-0.2, 0) is 0 Å². The van der Waals surface area contributed by atoms with Crippen molar-refractivity contribution in [2.24, 2.45) is 5.92 Å². The van der Waals surface area contributed by atoms with Crippen molar-refractivity contribution >= 4 is 36.4 Å². The first-order valence-electron chi connectivity index (χ1n) is 7.56. The van der Waals surface area contributed by atoms with Crippen molar-refractivity contribution in [1.29, 1.82) is 0 Å². The van der Waals surface area contributed by atoms with Crippen LogP contribution in [0.4, 0.5) is 0 Å². The molecule has 0 bridgehead atoms. The molecule has 6 heteroatoms. The van der Waals surface area contributed by atoms with Crippen molar-refractivity contribution in [1.82, 2.24) is 10.2 Å². The zero-order valence-corrected chi connectivity index (χ0v) is 15.3. The van der Waals surface area contributed by atoms with Gasteiger partial charge < -0.3 is 10.1 Å². The van der Waals surface area contributed by atoms with E-state index in [0.29, 0.717) is 6.04 Å². The Kier molecular flexibility index (Phi) is 8.29. The Labute approximate surface area is 150 Å². The Morgan fingerprint density at radius 1 is 1.27 bits per heavy atom. The summed E-state index contributed by atoms with van der Waals surface area (Å²) in [7, 11) is 1.75. The van der Waals surface area contributed by atoms with Crippen LogP contribution >= 0.6 is 36.4 Å². The highest BCUT2D eigenvalue weighted by molar-refractivity contribution is 6.30. The summed E-state index contributed by atoms with van der Waals surface area (Å²) in [6.07, 6.45) is 3.99. The Morgan fingerprint density at radius 2 is 1.95 bits per heavy atom. The van der Waals surface area contributed by atoms with E-state index < -0.39 is 0 Å². The number of rotatable bonds is 5.